The first-order chi connectivity index (χ1) is 14.8. The number of primary amides is 1. The minimum Gasteiger partial charge on any atom is -0.369 e. The Labute approximate surface area is 182 Å². The van der Waals surface area contributed by atoms with Gasteiger partial charge in [0.25, 0.3) is 5.91 Å². The third-order valence-corrected chi connectivity index (χ3v) is 8.25. The smallest absolute Gasteiger partial charge is 0.250 e. The Hall–Kier alpha value is -1.99. The molecule has 5 fully saturated rings. The number of carbonyl (C=O) groups is 2. The summed E-state index contributed by atoms with van der Waals surface area (Å²) in [5.74, 6) is 0.812. The third-order valence-electron chi connectivity index (χ3n) is 8.25. The number of benzene rings is 1. The third kappa shape index (κ3) is 3.87. The second-order valence-electron chi connectivity index (χ2n) is 10.3. The summed E-state index contributed by atoms with van der Waals surface area (Å²) < 4.78 is 19.2. The van der Waals surface area contributed by atoms with Gasteiger partial charge in [0, 0.05) is 31.1 Å². The number of carbonyl (C=O) groups excluding carboxylic acids is 2. The molecule has 5 aliphatic rings. The summed E-state index contributed by atoms with van der Waals surface area (Å²) in [6.45, 7) is 4.37. The second kappa shape index (κ2) is 7.85. The zero-order valence-electron chi connectivity index (χ0n) is 18.1. The molecule has 7 heteroatoms. The minimum atomic E-state index is -0.503. The van der Waals surface area contributed by atoms with Crippen molar-refractivity contribution in [1.82, 2.24) is 10.2 Å². The van der Waals surface area contributed by atoms with E-state index in [1.54, 1.807) is 6.07 Å². The van der Waals surface area contributed by atoms with Crippen LogP contribution in [0, 0.1) is 35.9 Å². The first kappa shape index (κ1) is 20.9. The number of aryl methyl sites for hydroxylation is 1. The Balaban J connectivity index is 1.21. The molecule has 1 saturated heterocycles. The number of ether oxygens (including phenoxy) is 1. The van der Waals surface area contributed by atoms with Gasteiger partial charge in [0.2, 0.25) is 5.91 Å². The van der Waals surface area contributed by atoms with Gasteiger partial charge in [-0.1, -0.05) is 6.07 Å². The van der Waals surface area contributed by atoms with Crippen molar-refractivity contribution in [2.45, 2.75) is 57.7 Å². The number of nitrogens with one attached hydrogen (secondary N) is 1. The summed E-state index contributed by atoms with van der Waals surface area (Å²) in [5, 5.41) is 3.30. The van der Waals surface area contributed by atoms with E-state index in [1.165, 1.54) is 6.07 Å². The fourth-order valence-corrected chi connectivity index (χ4v) is 6.90. The summed E-state index contributed by atoms with van der Waals surface area (Å²) in [7, 11) is 0. The molecular formula is C24H32FN3O3. The number of morpholine rings is 1. The number of halogens is 1. The zero-order valence-corrected chi connectivity index (χ0v) is 18.1. The van der Waals surface area contributed by atoms with E-state index in [9.17, 15) is 14.0 Å². The molecule has 6 nitrogen and oxygen atoms in total. The lowest BCUT2D eigenvalue weighted by Crippen LogP contribution is -2.63. The summed E-state index contributed by atoms with van der Waals surface area (Å²) >= 11 is 0. The number of hydrogen-bond donors (Lipinski definition) is 2. The molecule has 0 radical (unpaired) electrons. The quantitative estimate of drug-likeness (QED) is 0.751. The molecule has 3 N–H and O–H groups in total. The van der Waals surface area contributed by atoms with Gasteiger partial charge >= 0.3 is 0 Å². The van der Waals surface area contributed by atoms with Crippen LogP contribution < -0.4 is 11.1 Å². The maximum atomic E-state index is 13.4. The van der Waals surface area contributed by atoms with Crippen LogP contribution in [-0.4, -0.2) is 48.6 Å². The molecule has 1 aromatic carbocycles. The predicted molar refractivity (Wildman–Crippen MR) is 113 cm³/mol. The van der Waals surface area contributed by atoms with Crippen molar-refractivity contribution in [1.29, 1.82) is 0 Å². The summed E-state index contributed by atoms with van der Waals surface area (Å²) in [6.07, 6.45) is 4.20. The fraction of sp³-hybridized carbons (Fsp3) is 0.667. The van der Waals surface area contributed by atoms with Crippen LogP contribution >= 0.6 is 0 Å². The Morgan fingerprint density at radius 1 is 1.26 bits per heavy atom. The summed E-state index contributed by atoms with van der Waals surface area (Å²) in [6, 6.07) is 4.97. The highest BCUT2D eigenvalue weighted by atomic mass is 19.1. The van der Waals surface area contributed by atoms with Crippen LogP contribution in [0.15, 0.2) is 18.2 Å². The van der Waals surface area contributed by atoms with Gasteiger partial charge in [-0.05, 0) is 80.0 Å². The molecular weight excluding hydrogens is 397 g/mol. The van der Waals surface area contributed by atoms with Gasteiger partial charge in [-0.25, -0.2) is 4.39 Å². The highest BCUT2D eigenvalue weighted by molar-refractivity contribution is 5.83. The molecule has 0 aromatic heterocycles. The van der Waals surface area contributed by atoms with Crippen LogP contribution in [0.2, 0.25) is 0 Å². The molecule has 1 aliphatic heterocycles. The van der Waals surface area contributed by atoms with Crippen molar-refractivity contribution < 1.29 is 18.7 Å². The van der Waals surface area contributed by atoms with E-state index in [0.717, 1.165) is 49.8 Å². The van der Waals surface area contributed by atoms with E-state index in [2.05, 4.69) is 10.2 Å². The van der Waals surface area contributed by atoms with Crippen LogP contribution in [0.1, 0.15) is 43.2 Å². The monoisotopic (exact) mass is 429 g/mol. The van der Waals surface area contributed by atoms with Crippen molar-refractivity contribution >= 4 is 11.8 Å². The number of nitrogens with zero attached hydrogens (tertiary/aromatic N) is 1. The van der Waals surface area contributed by atoms with Crippen LogP contribution in [-0.2, 0) is 20.9 Å². The average Bonchev–Trinajstić information content (AvgIpc) is 2.72. The zero-order chi connectivity index (χ0) is 21.8. The van der Waals surface area contributed by atoms with Gasteiger partial charge in [0.05, 0.1) is 6.61 Å². The molecule has 4 aliphatic carbocycles. The van der Waals surface area contributed by atoms with Gasteiger partial charge in [0.15, 0.2) is 0 Å². The lowest BCUT2D eigenvalue weighted by Gasteiger charge is -2.59. The standard InChI is InChI=1S/C24H32FN3O3/c1-14-6-19(25)3-2-16(14)12-28-4-5-31-20(13-28)22(29)27-21-17-7-15-8-18(21)11-24(9-15,10-17)23(26)30/h2-3,6,15,17-18,20-21H,4-5,7-13H2,1H3,(H2,26,30)(H,27,29)/t15?,17?,18?,20-,21?,24?/m1/s1. The topological polar surface area (TPSA) is 84.7 Å². The molecule has 168 valence electrons. The van der Waals surface area contributed by atoms with E-state index in [4.69, 9.17) is 10.5 Å². The van der Waals surface area contributed by atoms with E-state index in [-0.39, 0.29) is 29.1 Å². The van der Waals surface area contributed by atoms with Crippen LogP contribution in [0.4, 0.5) is 4.39 Å². The van der Waals surface area contributed by atoms with E-state index >= 15 is 0 Å². The number of rotatable bonds is 5. The van der Waals surface area contributed by atoms with Crippen molar-refractivity contribution in [3.05, 3.63) is 35.1 Å². The number of hydrogen-bond acceptors (Lipinski definition) is 4. The maximum absolute atomic E-state index is 13.4. The summed E-state index contributed by atoms with van der Waals surface area (Å²) in [5.41, 5.74) is 7.43. The molecule has 1 aromatic rings. The normalized spacial score (nSPS) is 37.0. The number of amides is 2. The van der Waals surface area contributed by atoms with Gasteiger partial charge in [-0.2, -0.15) is 0 Å². The number of nitrogens with two attached hydrogens (primary N) is 1. The molecule has 2 unspecified atom stereocenters. The lowest BCUT2D eigenvalue weighted by atomic mass is 9.47. The first-order valence-corrected chi connectivity index (χ1v) is 11.5. The summed E-state index contributed by atoms with van der Waals surface area (Å²) in [4.78, 5) is 27.5. The predicted octanol–water partition coefficient (Wildman–Crippen LogP) is 2.13. The molecule has 0 spiro atoms. The van der Waals surface area contributed by atoms with Crippen molar-refractivity contribution in [2.24, 2.45) is 28.9 Å². The molecule has 2 amide bonds. The van der Waals surface area contributed by atoms with Gasteiger partial charge in [-0.3, -0.25) is 14.5 Å². The first-order valence-electron chi connectivity index (χ1n) is 11.5. The van der Waals surface area contributed by atoms with E-state index in [1.807, 2.05) is 13.0 Å². The van der Waals surface area contributed by atoms with Gasteiger partial charge in [0.1, 0.15) is 11.9 Å². The van der Waals surface area contributed by atoms with E-state index < -0.39 is 6.10 Å². The van der Waals surface area contributed by atoms with Crippen LogP contribution in [0.5, 0.6) is 0 Å². The van der Waals surface area contributed by atoms with Crippen LogP contribution in [0.3, 0.4) is 0 Å². The molecule has 4 bridgehead atoms. The highest BCUT2D eigenvalue weighted by Gasteiger charge is 2.58. The Morgan fingerprint density at radius 2 is 2.00 bits per heavy atom. The van der Waals surface area contributed by atoms with Crippen molar-refractivity contribution in [3.63, 3.8) is 0 Å². The molecule has 31 heavy (non-hydrogen) atoms. The molecule has 6 rings (SSSR count). The largest absolute Gasteiger partial charge is 0.369 e. The van der Waals surface area contributed by atoms with Crippen molar-refractivity contribution in [3.8, 4) is 0 Å². The van der Waals surface area contributed by atoms with Gasteiger partial charge < -0.3 is 15.8 Å². The highest BCUT2D eigenvalue weighted by Crippen LogP contribution is 2.59. The fourth-order valence-electron chi connectivity index (χ4n) is 6.90. The molecule has 3 atom stereocenters. The van der Waals surface area contributed by atoms with Crippen LogP contribution in [0.25, 0.3) is 0 Å². The second-order valence-corrected chi connectivity index (χ2v) is 10.3. The maximum Gasteiger partial charge on any atom is 0.250 e. The Kier molecular flexibility index (Phi) is 5.29. The minimum absolute atomic E-state index is 0.0499. The Morgan fingerprint density at radius 3 is 2.68 bits per heavy atom. The molecule has 1 heterocycles. The average molecular weight is 430 g/mol. The van der Waals surface area contributed by atoms with Crippen molar-refractivity contribution in [2.75, 3.05) is 19.7 Å². The molecule has 4 saturated carbocycles. The van der Waals surface area contributed by atoms with E-state index in [0.29, 0.717) is 37.5 Å². The lowest BCUT2D eigenvalue weighted by molar-refractivity contribution is -0.151. The Bertz CT molecular complexity index is 875. The van der Waals surface area contributed by atoms with Gasteiger partial charge in [-0.15, -0.1) is 0 Å². The SMILES string of the molecule is Cc1cc(F)ccc1CN1CCO[C@@H](C(=O)NC2C3CC4CC2CC(C(N)=O)(C4)C3)C1.